The van der Waals surface area contributed by atoms with Gasteiger partial charge in [0.25, 0.3) is 0 Å². The summed E-state index contributed by atoms with van der Waals surface area (Å²) < 4.78 is 13.2. The summed E-state index contributed by atoms with van der Waals surface area (Å²) in [5, 5.41) is 0. The summed E-state index contributed by atoms with van der Waals surface area (Å²) in [5.74, 6) is 0.238. The van der Waals surface area contributed by atoms with Gasteiger partial charge in [0.1, 0.15) is 0 Å². The second-order valence-electron chi connectivity index (χ2n) is 5.51. The molecular weight excluding hydrogens is 388 g/mol. The maximum atomic E-state index is 12.7. The first-order chi connectivity index (χ1) is 9.60. The van der Waals surface area contributed by atoms with Gasteiger partial charge in [-0.15, -0.1) is 0 Å². The Balaban J connectivity index is 1.79. The van der Waals surface area contributed by atoms with E-state index in [0.717, 1.165) is 40.4 Å². The van der Waals surface area contributed by atoms with Crippen molar-refractivity contribution >= 4 is 37.6 Å². The minimum Gasteiger partial charge on any atom is -0.378 e. The highest BCUT2D eigenvalue weighted by molar-refractivity contribution is 9.11. The van der Waals surface area contributed by atoms with Crippen molar-refractivity contribution in [1.29, 1.82) is 0 Å². The molecule has 0 radical (unpaired) electrons. The maximum Gasteiger partial charge on any atom is 0.167 e. The SMILES string of the molecule is O=C(c1ccc(Br)cc1Br)C1CCOC2(CCOC2)C1. The first-order valence-electron chi connectivity index (χ1n) is 6.81. The molecule has 2 unspecified atom stereocenters. The van der Waals surface area contributed by atoms with Crippen LogP contribution in [-0.2, 0) is 9.47 Å². The van der Waals surface area contributed by atoms with Crippen LogP contribution in [0.4, 0.5) is 0 Å². The van der Waals surface area contributed by atoms with Crippen molar-refractivity contribution in [3.63, 3.8) is 0 Å². The van der Waals surface area contributed by atoms with Crippen molar-refractivity contribution in [2.24, 2.45) is 5.92 Å². The smallest absolute Gasteiger partial charge is 0.167 e. The van der Waals surface area contributed by atoms with Crippen LogP contribution >= 0.6 is 31.9 Å². The van der Waals surface area contributed by atoms with Crippen molar-refractivity contribution in [3.8, 4) is 0 Å². The summed E-state index contributed by atoms with van der Waals surface area (Å²) >= 11 is 6.89. The van der Waals surface area contributed by atoms with E-state index >= 15 is 0 Å². The Morgan fingerprint density at radius 3 is 2.85 bits per heavy atom. The molecule has 2 aliphatic heterocycles. The van der Waals surface area contributed by atoms with Crippen LogP contribution in [-0.4, -0.2) is 31.2 Å². The molecule has 0 bridgehead atoms. The summed E-state index contributed by atoms with van der Waals surface area (Å²) in [5.41, 5.74) is 0.537. The van der Waals surface area contributed by atoms with Crippen LogP contribution in [0.25, 0.3) is 0 Å². The van der Waals surface area contributed by atoms with E-state index in [1.54, 1.807) is 0 Å². The molecule has 2 saturated heterocycles. The number of ether oxygens (including phenoxy) is 2. The molecule has 108 valence electrons. The normalized spacial score (nSPS) is 29.8. The van der Waals surface area contributed by atoms with Gasteiger partial charge in [-0.2, -0.15) is 0 Å². The van der Waals surface area contributed by atoms with Gasteiger partial charge in [-0.3, -0.25) is 4.79 Å². The summed E-state index contributed by atoms with van der Waals surface area (Å²) in [4.78, 5) is 12.7. The van der Waals surface area contributed by atoms with Crippen molar-refractivity contribution < 1.29 is 14.3 Å². The summed E-state index contributed by atoms with van der Waals surface area (Å²) in [6.45, 7) is 2.01. The topological polar surface area (TPSA) is 35.5 Å². The summed E-state index contributed by atoms with van der Waals surface area (Å²) in [6, 6.07) is 5.70. The van der Waals surface area contributed by atoms with Gasteiger partial charge in [0.15, 0.2) is 5.78 Å². The molecule has 1 aromatic carbocycles. The van der Waals surface area contributed by atoms with Crippen LogP contribution in [0.15, 0.2) is 27.1 Å². The fourth-order valence-electron chi connectivity index (χ4n) is 3.02. The lowest BCUT2D eigenvalue weighted by Gasteiger charge is -2.36. The van der Waals surface area contributed by atoms with Crippen LogP contribution < -0.4 is 0 Å². The Hall–Kier alpha value is -0.230. The quantitative estimate of drug-likeness (QED) is 0.700. The van der Waals surface area contributed by atoms with Crippen LogP contribution in [0, 0.1) is 5.92 Å². The molecule has 2 fully saturated rings. The molecule has 3 nitrogen and oxygen atoms in total. The Bertz CT molecular complexity index is 524. The van der Waals surface area contributed by atoms with Gasteiger partial charge in [-0.25, -0.2) is 0 Å². The Kier molecular flexibility index (Phi) is 4.32. The number of ketones is 1. The van der Waals surface area contributed by atoms with Gasteiger partial charge in [-0.05, 0) is 31.0 Å². The third kappa shape index (κ3) is 2.86. The average molecular weight is 404 g/mol. The van der Waals surface area contributed by atoms with Gasteiger partial charge in [0.2, 0.25) is 0 Å². The minimum atomic E-state index is -0.222. The highest BCUT2D eigenvalue weighted by atomic mass is 79.9. The van der Waals surface area contributed by atoms with E-state index in [4.69, 9.17) is 9.47 Å². The van der Waals surface area contributed by atoms with Crippen LogP contribution in [0.2, 0.25) is 0 Å². The van der Waals surface area contributed by atoms with E-state index in [0.29, 0.717) is 13.2 Å². The number of rotatable bonds is 2. The zero-order valence-electron chi connectivity index (χ0n) is 11.0. The summed E-state index contributed by atoms with van der Waals surface area (Å²) in [6.07, 6.45) is 2.47. The van der Waals surface area contributed by atoms with Gasteiger partial charge in [0.05, 0.1) is 12.2 Å². The molecule has 20 heavy (non-hydrogen) atoms. The molecule has 1 spiro atoms. The second-order valence-corrected chi connectivity index (χ2v) is 7.28. The number of carbonyl (C=O) groups excluding carboxylic acids is 1. The van der Waals surface area contributed by atoms with Crippen molar-refractivity contribution in [3.05, 3.63) is 32.7 Å². The van der Waals surface area contributed by atoms with E-state index in [-0.39, 0.29) is 17.3 Å². The number of carbonyl (C=O) groups is 1. The van der Waals surface area contributed by atoms with E-state index < -0.39 is 0 Å². The molecule has 1 aromatic rings. The maximum absolute atomic E-state index is 12.7. The standard InChI is InChI=1S/C15H16Br2O3/c16-11-1-2-12(13(17)7-11)14(18)10-3-5-20-15(8-10)4-6-19-9-15/h1-2,7,10H,3-6,8-9H2. The second kappa shape index (κ2) is 5.87. The molecule has 2 atom stereocenters. The molecule has 0 amide bonds. The van der Waals surface area contributed by atoms with E-state index in [1.807, 2.05) is 18.2 Å². The molecule has 2 heterocycles. The lowest BCUT2D eigenvalue weighted by molar-refractivity contribution is -0.0920. The molecule has 0 saturated carbocycles. The zero-order valence-corrected chi connectivity index (χ0v) is 14.2. The van der Waals surface area contributed by atoms with Crippen molar-refractivity contribution in [1.82, 2.24) is 0 Å². The molecule has 0 aromatic heterocycles. The fraction of sp³-hybridized carbons (Fsp3) is 0.533. The first kappa shape index (κ1) is 14.7. The zero-order chi connectivity index (χ0) is 14.2. The summed E-state index contributed by atoms with van der Waals surface area (Å²) in [7, 11) is 0. The van der Waals surface area contributed by atoms with Crippen molar-refractivity contribution in [2.75, 3.05) is 19.8 Å². The predicted octanol–water partition coefficient (Wildman–Crippen LogP) is 3.98. The predicted molar refractivity (Wildman–Crippen MR) is 83.0 cm³/mol. The van der Waals surface area contributed by atoms with Crippen LogP contribution in [0.3, 0.4) is 0 Å². The highest BCUT2D eigenvalue weighted by Crippen LogP contribution is 2.38. The molecule has 5 heteroatoms. The fourth-order valence-corrected chi connectivity index (χ4v) is 4.27. The third-order valence-corrected chi connectivity index (χ3v) is 5.28. The first-order valence-corrected chi connectivity index (χ1v) is 8.39. The van der Waals surface area contributed by atoms with E-state index in [1.165, 1.54) is 0 Å². The molecule has 0 N–H and O–H groups in total. The van der Waals surface area contributed by atoms with Crippen molar-refractivity contribution in [2.45, 2.75) is 24.9 Å². The Morgan fingerprint density at radius 1 is 1.30 bits per heavy atom. The minimum absolute atomic E-state index is 0.0305. The number of hydrogen-bond donors (Lipinski definition) is 0. The molecule has 3 rings (SSSR count). The number of hydrogen-bond acceptors (Lipinski definition) is 3. The van der Waals surface area contributed by atoms with E-state index in [9.17, 15) is 4.79 Å². The average Bonchev–Trinajstić information content (AvgIpc) is 2.86. The largest absolute Gasteiger partial charge is 0.378 e. The van der Waals surface area contributed by atoms with Gasteiger partial charge in [-0.1, -0.05) is 31.9 Å². The number of Topliss-reactive ketones (excluding diaryl/α,β-unsaturated/α-hetero) is 1. The molecule has 2 aliphatic rings. The Labute approximate surface area is 135 Å². The lowest BCUT2D eigenvalue weighted by Crippen LogP contribution is -2.42. The van der Waals surface area contributed by atoms with Crippen LogP contribution in [0.1, 0.15) is 29.6 Å². The molecule has 0 aliphatic carbocycles. The van der Waals surface area contributed by atoms with Gasteiger partial charge in [0, 0.05) is 40.1 Å². The van der Waals surface area contributed by atoms with E-state index in [2.05, 4.69) is 31.9 Å². The van der Waals surface area contributed by atoms with Gasteiger partial charge >= 0.3 is 0 Å². The third-order valence-electron chi connectivity index (χ3n) is 4.13. The Morgan fingerprint density at radius 2 is 2.15 bits per heavy atom. The monoisotopic (exact) mass is 402 g/mol. The van der Waals surface area contributed by atoms with Crippen LogP contribution in [0.5, 0.6) is 0 Å². The lowest BCUT2D eigenvalue weighted by atomic mass is 9.81. The number of benzene rings is 1. The van der Waals surface area contributed by atoms with Gasteiger partial charge < -0.3 is 9.47 Å². The molecular formula is C15H16Br2O3. The number of halogens is 2. The highest BCUT2D eigenvalue weighted by Gasteiger charge is 2.43.